The number of Topliss-reactive ketones (excluding diaryl/α,β-unsaturated/α-hetero) is 2. The van der Waals surface area contributed by atoms with Gasteiger partial charge in [-0.15, -0.1) is 0 Å². The highest BCUT2D eigenvalue weighted by atomic mass is 16.1. The van der Waals surface area contributed by atoms with E-state index >= 15 is 0 Å². The summed E-state index contributed by atoms with van der Waals surface area (Å²) in [6.07, 6.45) is 3.00. The van der Waals surface area contributed by atoms with Crippen molar-refractivity contribution in [2.45, 2.75) is 13.8 Å². The number of carbonyl (C=O) groups is 3. The molecule has 0 rings (SSSR count). The molecule has 11 heavy (non-hydrogen) atoms. The van der Waals surface area contributed by atoms with E-state index in [2.05, 4.69) is 0 Å². The van der Waals surface area contributed by atoms with Crippen molar-refractivity contribution in [2.24, 2.45) is 5.92 Å². The van der Waals surface area contributed by atoms with Gasteiger partial charge in [0.1, 0.15) is 17.9 Å². The standard InChI is InChI=1S/C8H10O3/c1-6(10)8(7(2)11)4-3-5-9/h3-5,8H,1-2H3/b4-3+. The first-order valence-corrected chi connectivity index (χ1v) is 3.22. The van der Waals surface area contributed by atoms with Crippen LogP contribution in [-0.2, 0) is 14.4 Å². The molecule has 0 radical (unpaired) electrons. The Labute approximate surface area is 65.1 Å². The van der Waals surface area contributed by atoms with Crippen LogP contribution in [0.4, 0.5) is 0 Å². The third kappa shape index (κ3) is 3.45. The molecular weight excluding hydrogens is 144 g/mol. The molecule has 0 N–H and O–H groups in total. The molecule has 0 aromatic carbocycles. The van der Waals surface area contributed by atoms with Crippen molar-refractivity contribution in [2.75, 3.05) is 0 Å². The summed E-state index contributed by atoms with van der Waals surface area (Å²) in [4.78, 5) is 31.3. The third-order valence-electron chi connectivity index (χ3n) is 1.26. The Bertz CT molecular complexity index is 189. The highest BCUT2D eigenvalue weighted by Gasteiger charge is 2.14. The summed E-state index contributed by atoms with van der Waals surface area (Å²) in [7, 11) is 0. The lowest BCUT2D eigenvalue weighted by Crippen LogP contribution is -2.16. The van der Waals surface area contributed by atoms with Gasteiger partial charge in [0.15, 0.2) is 0 Å². The van der Waals surface area contributed by atoms with Gasteiger partial charge in [0.25, 0.3) is 0 Å². The number of hydrogen-bond acceptors (Lipinski definition) is 3. The molecule has 0 aromatic rings. The van der Waals surface area contributed by atoms with Gasteiger partial charge >= 0.3 is 0 Å². The molecule has 60 valence electrons. The van der Waals surface area contributed by atoms with Gasteiger partial charge in [-0.25, -0.2) is 0 Å². The fourth-order valence-electron chi connectivity index (χ4n) is 0.714. The van der Waals surface area contributed by atoms with E-state index in [1.165, 1.54) is 19.9 Å². The first-order valence-electron chi connectivity index (χ1n) is 3.22. The maximum Gasteiger partial charge on any atom is 0.144 e. The first kappa shape index (κ1) is 9.75. The molecule has 3 nitrogen and oxygen atoms in total. The van der Waals surface area contributed by atoms with Crippen molar-refractivity contribution in [3.8, 4) is 0 Å². The molecule has 0 unspecified atom stereocenters. The van der Waals surface area contributed by atoms with Gasteiger partial charge in [-0.05, 0) is 19.9 Å². The van der Waals surface area contributed by atoms with Gasteiger partial charge in [-0.3, -0.25) is 14.4 Å². The molecule has 0 amide bonds. The van der Waals surface area contributed by atoms with Crippen molar-refractivity contribution in [3.05, 3.63) is 12.2 Å². The molecule has 0 aliphatic carbocycles. The topological polar surface area (TPSA) is 51.2 Å². The monoisotopic (exact) mass is 154 g/mol. The van der Waals surface area contributed by atoms with Crippen molar-refractivity contribution >= 4 is 17.9 Å². The molecule has 0 fully saturated rings. The molecule has 3 heteroatoms. The molecular formula is C8H10O3. The quantitative estimate of drug-likeness (QED) is 0.337. The highest BCUT2D eigenvalue weighted by Crippen LogP contribution is 2.01. The predicted octanol–water partition coefficient (Wildman–Crippen LogP) is 0.536. The largest absolute Gasteiger partial charge is 0.299 e. The summed E-state index contributed by atoms with van der Waals surface area (Å²) in [6.45, 7) is 2.64. The second-order valence-corrected chi connectivity index (χ2v) is 2.22. The van der Waals surface area contributed by atoms with Gasteiger partial charge in [-0.2, -0.15) is 0 Å². The minimum atomic E-state index is -0.750. The molecule has 0 aliphatic rings. The minimum Gasteiger partial charge on any atom is -0.299 e. The SMILES string of the molecule is CC(=O)C(/C=C/C=O)C(C)=O. The van der Waals surface area contributed by atoms with E-state index in [0.29, 0.717) is 6.29 Å². The Morgan fingerprint density at radius 2 is 1.64 bits per heavy atom. The molecule has 0 atom stereocenters. The molecule has 0 saturated heterocycles. The van der Waals surface area contributed by atoms with E-state index in [9.17, 15) is 14.4 Å². The Morgan fingerprint density at radius 1 is 1.18 bits per heavy atom. The van der Waals surface area contributed by atoms with E-state index in [1.807, 2.05) is 0 Å². The van der Waals surface area contributed by atoms with E-state index < -0.39 is 5.92 Å². The van der Waals surface area contributed by atoms with Crippen LogP contribution < -0.4 is 0 Å². The van der Waals surface area contributed by atoms with E-state index in [4.69, 9.17) is 0 Å². The number of rotatable bonds is 4. The van der Waals surface area contributed by atoms with Gasteiger partial charge in [0.2, 0.25) is 0 Å². The zero-order valence-electron chi connectivity index (χ0n) is 6.53. The van der Waals surface area contributed by atoms with E-state index in [0.717, 1.165) is 6.08 Å². The molecule has 0 bridgehead atoms. The Morgan fingerprint density at radius 3 is 1.91 bits per heavy atom. The minimum absolute atomic E-state index is 0.240. The first-order chi connectivity index (χ1) is 5.09. The molecule has 0 aromatic heterocycles. The second-order valence-electron chi connectivity index (χ2n) is 2.22. The molecule has 0 heterocycles. The average Bonchev–Trinajstić information content (AvgIpc) is 1.87. The Balaban J connectivity index is 4.35. The lowest BCUT2D eigenvalue weighted by Gasteiger charge is -2.00. The maximum atomic E-state index is 10.7. The normalized spacial score (nSPS) is 10.5. The predicted molar refractivity (Wildman–Crippen MR) is 40.1 cm³/mol. The Hall–Kier alpha value is -1.25. The zero-order chi connectivity index (χ0) is 8.85. The summed E-state index contributed by atoms with van der Waals surface area (Å²) >= 11 is 0. The third-order valence-corrected chi connectivity index (χ3v) is 1.26. The smallest absolute Gasteiger partial charge is 0.144 e. The number of allylic oxidation sites excluding steroid dienone is 2. The van der Waals surface area contributed by atoms with Crippen molar-refractivity contribution in [1.82, 2.24) is 0 Å². The number of hydrogen-bond donors (Lipinski definition) is 0. The van der Waals surface area contributed by atoms with Crippen LogP contribution in [0.1, 0.15) is 13.8 Å². The second kappa shape index (κ2) is 4.55. The lowest BCUT2D eigenvalue weighted by molar-refractivity contribution is -0.128. The number of carbonyl (C=O) groups excluding carboxylic acids is 3. The van der Waals surface area contributed by atoms with Crippen LogP contribution in [0.2, 0.25) is 0 Å². The van der Waals surface area contributed by atoms with Crippen LogP contribution in [0.25, 0.3) is 0 Å². The molecule has 0 aliphatic heterocycles. The Kier molecular flexibility index (Phi) is 4.03. The number of aldehydes is 1. The van der Waals surface area contributed by atoms with Crippen LogP contribution in [0.15, 0.2) is 12.2 Å². The van der Waals surface area contributed by atoms with Crippen LogP contribution in [-0.4, -0.2) is 17.9 Å². The lowest BCUT2D eigenvalue weighted by atomic mass is 10.0. The average molecular weight is 154 g/mol. The van der Waals surface area contributed by atoms with E-state index in [-0.39, 0.29) is 11.6 Å². The fraction of sp³-hybridized carbons (Fsp3) is 0.375. The van der Waals surface area contributed by atoms with Crippen LogP contribution in [0.3, 0.4) is 0 Å². The highest BCUT2D eigenvalue weighted by molar-refractivity contribution is 6.02. The molecule has 0 spiro atoms. The summed E-state index contributed by atoms with van der Waals surface area (Å²) < 4.78 is 0. The van der Waals surface area contributed by atoms with Crippen molar-refractivity contribution in [3.63, 3.8) is 0 Å². The summed E-state index contributed by atoms with van der Waals surface area (Å²) in [5.74, 6) is -1.23. The number of ketones is 2. The maximum absolute atomic E-state index is 10.7. The van der Waals surface area contributed by atoms with E-state index in [1.54, 1.807) is 0 Å². The van der Waals surface area contributed by atoms with Crippen LogP contribution in [0.5, 0.6) is 0 Å². The van der Waals surface area contributed by atoms with Crippen LogP contribution >= 0.6 is 0 Å². The summed E-state index contributed by atoms with van der Waals surface area (Å²) in [5.41, 5.74) is 0. The van der Waals surface area contributed by atoms with Gasteiger partial charge in [0.05, 0.1) is 5.92 Å². The summed E-state index contributed by atoms with van der Waals surface area (Å²) in [5, 5.41) is 0. The summed E-state index contributed by atoms with van der Waals surface area (Å²) in [6, 6.07) is 0. The van der Waals surface area contributed by atoms with Crippen molar-refractivity contribution < 1.29 is 14.4 Å². The van der Waals surface area contributed by atoms with Crippen molar-refractivity contribution in [1.29, 1.82) is 0 Å². The van der Waals surface area contributed by atoms with Gasteiger partial charge in [0, 0.05) is 0 Å². The van der Waals surface area contributed by atoms with Gasteiger partial charge in [-0.1, -0.05) is 6.08 Å². The molecule has 0 saturated carbocycles. The van der Waals surface area contributed by atoms with Gasteiger partial charge < -0.3 is 0 Å². The van der Waals surface area contributed by atoms with Crippen LogP contribution in [0, 0.1) is 5.92 Å². The fourth-order valence-corrected chi connectivity index (χ4v) is 0.714. The zero-order valence-corrected chi connectivity index (χ0v) is 6.53.